The molecule has 1 fully saturated rings. The molecule has 2 aliphatic rings. The largest absolute Gasteiger partial charge is 0.319 e. The summed E-state index contributed by atoms with van der Waals surface area (Å²) in [7, 11) is 0. The van der Waals surface area contributed by atoms with Crippen LogP contribution in [0.4, 0.5) is 11.4 Å². The van der Waals surface area contributed by atoms with Gasteiger partial charge < -0.3 is 15.5 Å². The van der Waals surface area contributed by atoms with Crippen molar-refractivity contribution in [1.29, 1.82) is 0 Å². The second-order valence-electron chi connectivity index (χ2n) is 6.46. The first-order valence-electron chi connectivity index (χ1n) is 8.75. The van der Waals surface area contributed by atoms with Gasteiger partial charge in [0.15, 0.2) is 0 Å². The van der Waals surface area contributed by atoms with Crippen LogP contribution in [0.3, 0.4) is 0 Å². The molecule has 0 radical (unpaired) electrons. The van der Waals surface area contributed by atoms with Gasteiger partial charge in [0.2, 0.25) is 5.91 Å². The van der Waals surface area contributed by atoms with E-state index in [0.717, 1.165) is 42.9 Å². The van der Waals surface area contributed by atoms with Crippen molar-refractivity contribution in [2.45, 2.75) is 32.2 Å². The molecule has 5 nitrogen and oxygen atoms in total. The highest BCUT2D eigenvalue weighted by Gasteiger charge is 2.23. The molecule has 2 N–H and O–H groups in total. The molecular weight excluding hydrogens is 334 g/mol. The van der Waals surface area contributed by atoms with Crippen LogP contribution in [0, 0.1) is 0 Å². The number of nitrogens with zero attached hydrogens (tertiary/aromatic N) is 1. The molecule has 130 valence electrons. The fourth-order valence-corrected chi connectivity index (χ4v) is 4.50. The Morgan fingerprint density at radius 2 is 2.08 bits per heavy atom. The van der Waals surface area contributed by atoms with Crippen LogP contribution < -0.4 is 15.5 Å². The molecule has 2 amide bonds. The lowest BCUT2D eigenvalue weighted by Gasteiger charge is -2.28. The van der Waals surface area contributed by atoms with E-state index >= 15 is 0 Å². The Balaban J connectivity index is 1.57. The molecule has 1 saturated heterocycles. The molecule has 0 bridgehead atoms. The number of carbonyl (C=O) groups is 2. The van der Waals surface area contributed by atoms with Crippen LogP contribution >= 0.6 is 11.3 Å². The highest BCUT2D eigenvalue weighted by atomic mass is 32.1. The number of hydrogen-bond donors (Lipinski definition) is 2. The van der Waals surface area contributed by atoms with Crippen LogP contribution in [0.25, 0.3) is 0 Å². The maximum absolute atomic E-state index is 12.7. The number of anilines is 2. The lowest BCUT2D eigenvalue weighted by molar-refractivity contribution is -0.119. The van der Waals surface area contributed by atoms with Gasteiger partial charge in [0.25, 0.3) is 5.91 Å². The van der Waals surface area contributed by atoms with Crippen LogP contribution in [-0.4, -0.2) is 24.9 Å². The van der Waals surface area contributed by atoms with Crippen molar-refractivity contribution in [2.75, 3.05) is 23.3 Å². The summed E-state index contributed by atoms with van der Waals surface area (Å²) in [4.78, 5) is 28.8. The molecule has 2 aromatic rings. The maximum atomic E-state index is 12.7. The van der Waals surface area contributed by atoms with Crippen LogP contribution in [0.1, 0.15) is 39.4 Å². The number of piperidine rings is 1. The molecule has 0 unspecified atom stereocenters. The van der Waals surface area contributed by atoms with Crippen LogP contribution in [-0.2, 0) is 17.8 Å². The number of para-hydroxylation sites is 2. The third-order valence-corrected chi connectivity index (χ3v) is 5.97. The number of carbonyl (C=O) groups excluding carboxylic acids is 2. The summed E-state index contributed by atoms with van der Waals surface area (Å²) in [6.07, 6.45) is 3.50. The normalized spacial score (nSPS) is 17.3. The van der Waals surface area contributed by atoms with E-state index in [1.165, 1.54) is 10.4 Å². The predicted octanol–water partition coefficient (Wildman–Crippen LogP) is 3.16. The van der Waals surface area contributed by atoms with Gasteiger partial charge in [-0.3, -0.25) is 9.59 Å². The van der Waals surface area contributed by atoms with Gasteiger partial charge >= 0.3 is 0 Å². The van der Waals surface area contributed by atoms with E-state index in [-0.39, 0.29) is 11.8 Å². The highest BCUT2D eigenvalue weighted by molar-refractivity contribution is 7.14. The van der Waals surface area contributed by atoms with Crippen molar-refractivity contribution in [3.63, 3.8) is 0 Å². The molecule has 0 atom stereocenters. The lowest BCUT2D eigenvalue weighted by Crippen LogP contribution is -2.35. The van der Waals surface area contributed by atoms with Crippen molar-refractivity contribution in [2.24, 2.45) is 0 Å². The standard InChI is InChI=1S/C19H21N3O2S/c23-18-7-3-4-10-22(18)15-6-2-1-5-14(15)21-19(24)17-11-13-12-20-9-8-16(13)25-17/h1-2,5-6,11,20H,3-4,7-10,12H2,(H,21,24). The summed E-state index contributed by atoms with van der Waals surface area (Å²) in [6, 6.07) is 9.54. The van der Waals surface area contributed by atoms with Gasteiger partial charge in [-0.2, -0.15) is 0 Å². The predicted molar refractivity (Wildman–Crippen MR) is 100 cm³/mol. The molecule has 2 aliphatic heterocycles. The zero-order chi connectivity index (χ0) is 17.2. The SMILES string of the molecule is O=C(Nc1ccccc1N1CCCCC1=O)c1cc2c(s1)CCNC2. The molecule has 4 rings (SSSR count). The maximum Gasteiger partial charge on any atom is 0.265 e. The fraction of sp³-hybridized carbons (Fsp3) is 0.368. The molecular formula is C19H21N3O2S. The Kier molecular flexibility index (Phi) is 4.55. The van der Waals surface area contributed by atoms with Crippen LogP contribution in [0.15, 0.2) is 30.3 Å². The zero-order valence-electron chi connectivity index (χ0n) is 14.0. The number of fused-ring (bicyclic) bond motifs is 1. The molecule has 0 saturated carbocycles. The molecule has 0 aliphatic carbocycles. The summed E-state index contributed by atoms with van der Waals surface area (Å²) >= 11 is 1.57. The second-order valence-corrected chi connectivity index (χ2v) is 7.60. The number of rotatable bonds is 3. The first kappa shape index (κ1) is 16.3. The van der Waals surface area contributed by atoms with Crippen molar-refractivity contribution in [1.82, 2.24) is 5.32 Å². The summed E-state index contributed by atoms with van der Waals surface area (Å²) in [5, 5.41) is 6.34. The minimum absolute atomic E-state index is 0.101. The Bertz CT molecular complexity index is 791. The molecule has 6 heteroatoms. The van der Waals surface area contributed by atoms with Gasteiger partial charge in [-0.1, -0.05) is 12.1 Å². The Labute approximate surface area is 151 Å². The van der Waals surface area contributed by atoms with E-state index in [9.17, 15) is 9.59 Å². The summed E-state index contributed by atoms with van der Waals surface area (Å²) in [5.41, 5.74) is 2.72. The van der Waals surface area contributed by atoms with Gasteiger partial charge in [-0.15, -0.1) is 11.3 Å². The third kappa shape index (κ3) is 3.32. The van der Waals surface area contributed by atoms with Crippen molar-refractivity contribution in [3.05, 3.63) is 45.6 Å². The molecule has 1 aromatic carbocycles. The second kappa shape index (κ2) is 6.98. The molecule has 3 heterocycles. The Hall–Kier alpha value is -2.18. The highest BCUT2D eigenvalue weighted by Crippen LogP contribution is 2.31. The van der Waals surface area contributed by atoms with E-state index in [2.05, 4.69) is 10.6 Å². The zero-order valence-corrected chi connectivity index (χ0v) is 14.8. The number of amides is 2. The first-order chi connectivity index (χ1) is 12.2. The van der Waals surface area contributed by atoms with Crippen molar-refractivity contribution < 1.29 is 9.59 Å². The van der Waals surface area contributed by atoms with E-state index < -0.39 is 0 Å². The van der Waals surface area contributed by atoms with Gasteiger partial charge in [-0.25, -0.2) is 0 Å². The Morgan fingerprint density at radius 3 is 2.92 bits per heavy atom. The van der Waals surface area contributed by atoms with Crippen LogP contribution in [0.5, 0.6) is 0 Å². The molecule has 25 heavy (non-hydrogen) atoms. The van der Waals surface area contributed by atoms with Gasteiger partial charge in [0.1, 0.15) is 0 Å². The average molecular weight is 355 g/mol. The van der Waals surface area contributed by atoms with E-state index in [1.54, 1.807) is 16.2 Å². The minimum Gasteiger partial charge on any atom is -0.319 e. The van der Waals surface area contributed by atoms with Crippen molar-refractivity contribution >= 4 is 34.5 Å². The average Bonchev–Trinajstić information content (AvgIpc) is 3.07. The first-order valence-corrected chi connectivity index (χ1v) is 9.57. The number of nitrogens with one attached hydrogen (secondary N) is 2. The van der Waals surface area contributed by atoms with Crippen molar-refractivity contribution in [3.8, 4) is 0 Å². The smallest absolute Gasteiger partial charge is 0.265 e. The third-order valence-electron chi connectivity index (χ3n) is 4.73. The summed E-state index contributed by atoms with van der Waals surface area (Å²) in [5.74, 6) is 0.0296. The summed E-state index contributed by atoms with van der Waals surface area (Å²) in [6.45, 7) is 2.51. The summed E-state index contributed by atoms with van der Waals surface area (Å²) < 4.78 is 0. The fourth-order valence-electron chi connectivity index (χ4n) is 3.42. The van der Waals surface area contributed by atoms with Gasteiger partial charge in [0.05, 0.1) is 16.3 Å². The topological polar surface area (TPSA) is 61.4 Å². The molecule has 1 aromatic heterocycles. The van der Waals surface area contributed by atoms with Crippen LogP contribution in [0.2, 0.25) is 0 Å². The number of thiophene rings is 1. The molecule has 0 spiro atoms. The van der Waals surface area contributed by atoms with E-state index in [1.807, 2.05) is 30.3 Å². The number of hydrogen-bond acceptors (Lipinski definition) is 4. The van der Waals surface area contributed by atoms with Gasteiger partial charge in [-0.05, 0) is 43.0 Å². The quantitative estimate of drug-likeness (QED) is 0.889. The minimum atomic E-state index is -0.101. The number of benzene rings is 1. The van der Waals surface area contributed by atoms with E-state index in [0.29, 0.717) is 18.7 Å². The lowest BCUT2D eigenvalue weighted by atomic mass is 10.1. The van der Waals surface area contributed by atoms with Gasteiger partial charge in [0, 0.05) is 30.9 Å². The monoisotopic (exact) mass is 355 g/mol. The van der Waals surface area contributed by atoms with E-state index in [4.69, 9.17) is 0 Å². The Morgan fingerprint density at radius 1 is 1.20 bits per heavy atom.